The monoisotopic (exact) mass is 528 g/mol. The fourth-order valence-electron chi connectivity index (χ4n) is 2.92. The van der Waals surface area contributed by atoms with Crippen molar-refractivity contribution in [1.82, 2.24) is 9.36 Å². The number of amides is 1. The summed E-state index contributed by atoms with van der Waals surface area (Å²) >= 11 is 0.703. The molecule has 0 radical (unpaired) electrons. The molecular weight excluding hydrogens is 504 g/mol. The molecule has 3 aromatic rings. The number of hydrogen-bond donors (Lipinski definition) is 1. The maximum Gasteiger partial charge on any atom is 0.268 e. The second-order valence-electron chi connectivity index (χ2n) is 7.56. The van der Waals surface area contributed by atoms with E-state index in [1.807, 2.05) is 37.3 Å². The SMILES string of the molecule is COc1cc(C=C(C#N)C(=O)Nc2nc(S(C)(=O)=O)ns2)ccc1OCCCOc1cccc(C)c1. The Kier molecular flexibility index (Phi) is 8.99. The van der Waals surface area contributed by atoms with Crippen molar-refractivity contribution in [3.05, 3.63) is 59.2 Å². The number of hydrogen-bond acceptors (Lipinski definition) is 10. The van der Waals surface area contributed by atoms with E-state index in [9.17, 15) is 18.5 Å². The highest BCUT2D eigenvalue weighted by atomic mass is 32.2. The molecule has 1 aromatic heterocycles. The van der Waals surface area contributed by atoms with Gasteiger partial charge in [0.1, 0.15) is 17.4 Å². The molecule has 0 aliphatic rings. The third-order valence-corrected chi connectivity index (χ3v) is 6.22. The van der Waals surface area contributed by atoms with Gasteiger partial charge in [0.2, 0.25) is 15.0 Å². The molecule has 36 heavy (non-hydrogen) atoms. The lowest BCUT2D eigenvalue weighted by Crippen LogP contribution is -2.13. The van der Waals surface area contributed by atoms with Crippen molar-refractivity contribution in [3.63, 3.8) is 0 Å². The largest absolute Gasteiger partial charge is 0.493 e. The lowest BCUT2D eigenvalue weighted by molar-refractivity contribution is -0.112. The fourth-order valence-corrected chi connectivity index (χ4v) is 4.36. The van der Waals surface area contributed by atoms with Crippen molar-refractivity contribution in [2.45, 2.75) is 18.5 Å². The number of sulfone groups is 1. The second-order valence-corrected chi connectivity index (χ2v) is 10.2. The molecule has 1 heterocycles. The molecule has 1 N–H and O–H groups in total. The molecule has 1 amide bonds. The van der Waals surface area contributed by atoms with E-state index in [2.05, 4.69) is 14.7 Å². The number of aromatic nitrogens is 2. The van der Waals surface area contributed by atoms with Crippen LogP contribution in [0.1, 0.15) is 17.5 Å². The van der Waals surface area contributed by atoms with Gasteiger partial charge >= 0.3 is 0 Å². The van der Waals surface area contributed by atoms with Gasteiger partial charge in [0.15, 0.2) is 11.5 Å². The topological polar surface area (TPSA) is 140 Å². The van der Waals surface area contributed by atoms with Gasteiger partial charge in [-0.05, 0) is 48.4 Å². The molecule has 10 nitrogen and oxygen atoms in total. The number of nitriles is 1. The Balaban J connectivity index is 1.60. The second kappa shape index (κ2) is 12.1. The van der Waals surface area contributed by atoms with Gasteiger partial charge in [0, 0.05) is 24.2 Å². The van der Waals surface area contributed by atoms with E-state index in [1.54, 1.807) is 18.2 Å². The number of nitrogens with one attached hydrogen (secondary N) is 1. The van der Waals surface area contributed by atoms with Gasteiger partial charge in [0.25, 0.3) is 11.1 Å². The van der Waals surface area contributed by atoms with Crippen molar-refractivity contribution < 1.29 is 27.4 Å². The third kappa shape index (κ3) is 7.53. The number of nitrogens with zero attached hydrogens (tertiary/aromatic N) is 3. The van der Waals surface area contributed by atoms with Crippen LogP contribution in [0.2, 0.25) is 0 Å². The van der Waals surface area contributed by atoms with E-state index in [0.29, 0.717) is 48.2 Å². The van der Waals surface area contributed by atoms with Crippen molar-refractivity contribution in [3.8, 4) is 23.3 Å². The molecule has 0 spiro atoms. The highest BCUT2D eigenvalue weighted by Crippen LogP contribution is 2.29. The maximum atomic E-state index is 12.5. The van der Waals surface area contributed by atoms with Crippen LogP contribution < -0.4 is 19.5 Å². The molecule has 0 saturated heterocycles. The molecule has 2 aromatic carbocycles. The van der Waals surface area contributed by atoms with Gasteiger partial charge in [-0.25, -0.2) is 8.42 Å². The Morgan fingerprint density at radius 2 is 1.94 bits per heavy atom. The van der Waals surface area contributed by atoms with E-state index in [1.165, 1.54) is 13.2 Å². The quantitative estimate of drug-likeness (QED) is 0.224. The van der Waals surface area contributed by atoms with E-state index in [-0.39, 0.29) is 10.7 Å². The van der Waals surface area contributed by atoms with Crippen molar-refractivity contribution in [2.24, 2.45) is 0 Å². The lowest BCUT2D eigenvalue weighted by atomic mass is 10.1. The molecule has 188 valence electrons. The Morgan fingerprint density at radius 1 is 1.17 bits per heavy atom. The van der Waals surface area contributed by atoms with Gasteiger partial charge in [-0.2, -0.15) is 14.6 Å². The zero-order valence-electron chi connectivity index (χ0n) is 19.8. The number of rotatable bonds is 11. The van der Waals surface area contributed by atoms with Crippen LogP contribution in [-0.2, 0) is 14.6 Å². The summed E-state index contributed by atoms with van der Waals surface area (Å²) in [5, 5.41) is 11.4. The number of benzene rings is 2. The number of ether oxygens (including phenoxy) is 3. The summed E-state index contributed by atoms with van der Waals surface area (Å²) in [5.74, 6) is 1.00. The van der Waals surface area contributed by atoms with Crippen LogP contribution in [0, 0.1) is 18.3 Å². The molecular formula is C24H24N4O6S2. The van der Waals surface area contributed by atoms with Crippen LogP contribution in [0.15, 0.2) is 53.2 Å². The van der Waals surface area contributed by atoms with Crippen molar-refractivity contribution in [1.29, 1.82) is 5.26 Å². The number of methoxy groups -OCH3 is 1. The zero-order valence-corrected chi connectivity index (χ0v) is 21.5. The molecule has 0 unspecified atom stereocenters. The van der Waals surface area contributed by atoms with E-state index >= 15 is 0 Å². The van der Waals surface area contributed by atoms with Gasteiger partial charge in [0.05, 0.1) is 20.3 Å². The summed E-state index contributed by atoms with van der Waals surface area (Å²) < 4.78 is 43.6. The first-order valence-electron chi connectivity index (χ1n) is 10.7. The number of carbonyl (C=O) groups is 1. The van der Waals surface area contributed by atoms with Gasteiger partial charge in [-0.3, -0.25) is 10.1 Å². The Hall–Kier alpha value is -3.95. The average Bonchev–Trinajstić information content (AvgIpc) is 3.32. The minimum atomic E-state index is -3.60. The van der Waals surface area contributed by atoms with E-state index < -0.39 is 20.9 Å². The third-order valence-electron chi connectivity index (χ3n) is 4.63. The van der Waals surface area contributed by atoms with Gasteiger partial charge in [-0.1, -0.05) is 18.2 Å². The Morgan fingerprint density at radius 3 is 2.61 bits per heavy atom. The molecule has 0 aliphatic carbocycles. The van der Waals surface area contributed by atoms with E-state index in [4.69, 9.17) is 14.2 Å². The Labute approximate surface area is 213 Å². The van der Waals surface area contributed by atoms with Crippen LogP contribution in [0.3, 0.4) is 0 Å². The average molecular weight is 529 g/mol. The van der Waals surface area contributed by atoms with E-state index in [0.717, 1.165) is 17.6 Å². The standard InChI is InChI=1S/C24H24N4O6S2/c1-16-6-4-7-19(12-16)33-10-5-11-34-20-9-8-17(14-21(20)32-2)13-18(15-25)22(29)26-23-27-24(28-35-23)36(3,30)31/h4,6-9,12-14H,5,10-11H2,1-3H3,(H,26,27,28,29). The summed E-state index contributed by atoms with van der Waals surface area (Å²) in [6.07, 6.45) is 2.99. The summed E-state index contributed by atoms with van der Waals surface area (Å²) in [7, 11) is -2.11. The first kappa shape index (κ1) is 26.7. The summed E-state index contributed by atoms with van der Waals surface area (Å²) in [6, 6.07) is 14.6. The van der Waals surface area contributed by atoms with Crippen LogP contribution in [0.25, 0.3) is 6.08 Å². The number of carbonyl (C=O) groups excluding carboxylic acids is 1. The summed E-state index contributed by atoms with van der Waals surface area (Å²) in [6.45, 7) is 2.90. The molecule has 0 fully saturated rings. The smallest absolute Gasteiger partial charge is 0.268 e. The molecule has 0 saturated carbocycles. The van der Waals surface area contributed by atoms with Crippen molar-refractivity contribution >= 4 is 38.5 Å². The predicted octanol–water partition coefficient (Wildman–Crippen LogP) is 3.65. The number of aryl methyl sites for hydroxylation is 1. The highest BCUT2D eigenvalue weighted by Gasteiger charge is 2.17. The van der Waals surface area contributed by atoms with Gasteiger partial charge < -0.3 is 14.2 Å². The minimum Gasteiger partial charge on any atom is -0.493 e. The predicted molar refractivity (Wildman–Crippen MR) is 135 cm³/mol. The summed E-state index contributed by atoms with van der Waals surface area (Å²) in [5.41, 5.74) is 1.44. The number of anilines is 1. The molecule has 0 atom stereocenters. The fraction of sp³-hybridized carbons (Fsp3) is 0.250. The normalized spacial score (nSPS) is 11.4. The van der Waals surface area contributed by atoms with Crippen LogP contribution in [-0.4, -0.2) is 50.3 Å². The first-order valence-corrected chi connectivity index (χ1v) is 13.3. The zero-order chi connectivity index (χ0) is 26.1. The molecule has 12 heteroatoms. The van der Waals surface area contributed by atoms with Gasteiger partial charge in [-0.15, -0.1) is 0 Å². The van der Waals surface area contributed by atoms with Crippen molar-refractivity contribution in [2.75, 3.05) is 31.9 Å². The molecule has 0 bridgehead atoms. The lowest BCUT2D eigenvalue weighted by Gasteiger charge is -2.12. The minimum absolute atomic E-state index is 0.0331. The maximum absolute atomic E-state index is 12.5. The first-order chi connectivity index (χ1) is 17.2. The van der Waals surface area contributed by atoms with Crippen LogP contribution in [0.5, 0.6) is 17.2 Å². The Bertz CT molecular complexity index is 1410. The molecule has 3 rings (SSSR count). The van der Waals surface area contributed by atoms with Crippen LogP contribution in [0.4, 0.5) is 5.13 Å². The molecule has 0 aliphatic heterocycles. The van der Waals surface area contributed by atoms with Crippen LogP contribution >= 0.6 is 11.5 Å². The highest BCUT2D eigenvalue weighted by molar-refractivity contribution is 7.90. The summed E-state index contributed by atoms with van der Waals surface area (Å²) in [4.78, 5) is 16.2.